The van der Waals surface area contributed by atoms with Gasteiger partial charge in [-0.15, -0.1) is 0 Å². The molecule has 5 heteroatoms. The lowest BCUT2D eigenvalue weighted by Crippen LogP contribution is -2.37. The fraction of sp³-hybridized carbons (Fsp3) is 0.533. The van der Waals surface area contributed by atoms with Gasteiger partial charge in [0.2, 0.25) is 5.91 Å². The molecule has 0 spiro atoms. The zero-order valence-corrected chi connectivity index (χ0v) is 12.7. The molecule has 1 aromatic carbocycles. The molecule has 4 nitrogen and oxygen atoms in total. The fourth-order valence-corrected chi connectivity index (χ4v) is 2.47. The van der Waals surface area contributed by atoms with Crippen molar-refractivity contribution in [1.82, 2.24) is 5.32 Å². The number of piperidine rings is 1. The van der Waals surface area contributed by atoms with E-state index in [0.29, 0.717) is 16.5 Å². The van der Waals surface area contributed by atoms with Crippen LogP contribution in [0.15, 0.2) is 18.2 Å². The van der Waals surface area contributed by atoms with Crippen LogP contribution in [0.1, 0.15) is 26.7 Å². The van der Waals surface area contributed by atoms with Crippen LogP contribution in [0, 0.1) is 5.92 Å². The van der Waals surface area contributed by atoms with E-state index in [9.17, 15) is 4.79 Å². The van der Waals surface area contributed by atoms with E-state index >= 15 is 0 Å². The van der Waals surface area contributed by atoms with Gasteiger partial charge in [0.15, 0.2) is 0 Å². The number of ether oxygens (including phenoxy) is 1. The minimum Gasteiger partial charge on any atom is -0.489 e. The van der Waals surface area contributed by atoms with E-state index in [-0.39, 0.29) is 17.9 Å². The first-order valence-corrected chi connectivity index (χ1v) is 7.42. The van der Waals surface area contributed by atoms with E-state index in [4.69, 9.17) is 16.3 Å². The van der Waals surface area contributed by atoms with E-state index in [1.54, 1.807) is 12.1 Å². The Morgan fingerprint density at radius 3 is 2.90 bits per heavy atom. The summed E-state index contributed by atoms with van der Waals surface area (Å²) < 4.78 is 5.57. The Hall–Kier alpha value is -1.26. The second kappa shape index (κ2) is 6.95. The van der Waals surface area contributed by atoms with E-state index < -0.39 is 0 Å². The molecule has 2 rings (SSSR count). The number of anilines is 1. The van der Waals surface area contributed by atoms with Crippen molar-refractivity contribution in [3.63, 3.8) is 0 Å². The number of halogens is 1. The average Bonchev–Trinajstić information content (AvgIpc) is 2.42. The number of nitrogens with one attached hydrogen (secondary N) is 2. The zero-order valence-electron chi connectivity index (χ0n) is 11.9. The third-order valence-electron chi connectivity index (χ3n) is 3.23. The Morgan fingerprint density at radius 1 is 1.50 bits per heavy atom. The van der Waals surface area contributed by atoms with E-state index in [0.717, 1.165) is 25.9 Å². The van der Waals surface area contributed by atoms with E-state index in [1.807, 2.05) is 19.9 Å². The number of hydrogen-bond acceptors (Lipinski definition) is 3. The zero-order chi connectivity index (χ0) is 14.5. The monoisotopic (exact) mass is 296 g/mol. The SMILES string of the molecule is CC(C)Oc1ccc(NC(=O)[C@H]2CCCNC2)cc1Cl. The van der Waals surface area contributed by atoms with Gasteiger partial charge in [-0.3, -0.25) is 4.79 Å². The first kappa shape index (κ1) is 15.1. The number of carbonyl (C=O) groups excluding carboxylic acids is 1. The van der Waals surface area contributed by atoms with Crippen LogP contribution in [-0.4, -0.2) is 25.1 Å². The highest BCUT2D eigenvalue weighted by Gasteiger charge is 2.21. The third kappa shape index (κ3) is 4.12. The Labute approximate surface area is 124 Å². The molecule has 0 unspecified atom stereocenters. The van der Waals surface area contributed by atoms with Gasteiger partial charge < -0.3 is 15.4 Å². The van der Waals surface area contributed by atoms with Crippen LogP contribution < -0.4 is 15.4 Å². The first-order valence-electron chi connectivity index (χ1n) is 7.04. The maximum Gasteiger partial charge on any atom is 0.228 e. The highest BCUT2D eigenvalue weighted by molar-refractivity contribution is 6.32. The minimum absolute atomic E-state index is 0.0362. The average molecular weight is 297 g/mol. The van der Waals surface area contributed by atoms with Crippen molar-refractivity contribution >= 4 is 23.2 Å². The number of amides is 1. The van der Waals surface area contributed by atoms with E-state index in [1.165, 1.54) is 0 Å². The highest BCUT2D eigenvalue weighted by atomic mass is 35.5. The molecule has 2 N–H and O–H groups in total. The molecular weight excluding hydrogens is 276 g/mol. The molecule has 110 valence electrons. The van der Waals surface area contributed by atoms with Gasteiger partial charge in [-0.05, 0) is 51.4 Å². The molecule has 1 atom stereocenters. The van der Waals surface area contributed by atoms with Crippen molar-refractivity contribution in [2.75, 3.05) is 18.4 Å². The molecular formula is C15H21ClN2O2. The maximum atomic E-state index is 12.1. The molecule has 1 heterocycles. The normalized spacial score (nSPS) is 18.9. The van der Waals surface area contributed by atoms with Crippen LogP contribution in [0.5, 0.6) is 5.75 Å². The molecule has 0 saturated carbocycles. The Morgan fingerprint density at radius 2 is 2.30 bits per heavy atom. The maximum absolute atomic E-state index is 12.1. The smallest absolute Gasteiger partial charge is 0.228 e. The van der Waals surface area contributed by atoms with Crippen LogP contribution >= 0.6 is 11.6 Å². The molecule has 1 aliphatic rings. The Kier molecular flexibility index (Phi) is 5.26. The van der Waals surface area contributed by atoms with Gasteiger partial charge in [0.05, 0.1) is 17.0 Å². The summed E-state index contributed by atoms with van der Waals surface area (Å²) >= 11 is 6.15. The summed E-state index contributed by atoms with van der Waals surface area (Å²) in [6.45, 7) is 5.63. The molecule has 1 saturated heterocycles. The van der Waals surface area contributed by atoms with Crippen molar-refractivity contribution < 1.29 is 9.53 Å². The van der Waals surface area contributed by atoms with Crippen LogP contribution in [0.4, 0.5) is 5.69 Å². The van der Waals surface area contributed by atoms with Crippen LogP contribution in [0.25, 0.3) is 0 Å². The summed E-state index contributed by atoms with van der Waals surface area (Å²) in [5.41, 5.74) is 0.710. The summed E-state index contributed by atoms with van der Waals surface area (Å²) in [5.74, 6) is 0.721. The van der Waals surface area contributed by atoms with E-state index in [2.05, 4.69) is 10.6 Å². The lowest BCUT2D eigenvalue weighted by Gasteiger charge is -2.22. The number of benzene rings is 1. The lowest BCUT2D eigenvalue weighted by atomic mass is 9.99. The van der Waals surface area contributed by atoms with Crippen molar-refractivity contribution in [2.45, 2.75) is 32.8 Å². The third-order valence-corrected chi connectivity index (χ3v) is 3.53. The van der Waals surface area contributed by atoms with Gasteiger partial charge in [0, 0.05) is 12.2 Å². The molecule has 20 heavy (non-hydrogen) atoms. The summed E-state index contributed by atoms with van der Waals surface area (Å²) in [6, 6.07) is 5.34. The minimum atomic E-state index is 0.0362. The molecule has 1 aromatic rings. The number of carbonyl (C=O) groups is 1. The fourth-order valence-electron chi connectivity index (χ4n) is 2.25. The van der Waals surface area contributed by atoms with Gasteiger partial charge in [-0.1, -0.05) is 11.6 Å². The number of rotatable bonds is 4. The number of hydrogen-bond donors (Lipinski definition) is 2. The topological polar surface area (TPSA) is 50.4 Å². The molecule has 0 bridgehead atoms. The molecule has 0 radical (unpaired) electrons. The van der Waals surface area contributed by atoms with Crippen LogP contribution in [0.3, 0.4) is 0 Å². The van der Waals surface area contributed by atoms with Gasteiger partial charge in [0.1, 0.15) is 5.75 Å². The van der Waals surface area contributed by atoms with Gasteiger partial charge in [-0.2, -0.15) is 0 Å². The van der Waals surface area contributed by atoms with Crippen molar-refractivity contribution in [3.05, 3.63) is 23.2 Å². The summed E-state index contributed by atoms with van der Waals surface area (Å²) in [6.07, 6.45) is 2.04. The van der Waals surface area contributed by atoms with Gasteiger partial charge in [-0.25, -0.2) is 0 Å². The predicted molar refractivity (Wildman–Crippen MR) is 81.4 cm³/mol. The van der Waals surface area contributed by atoms with Crippen LogP contribution in [0.2, 0.25) is 5.02 Å². The largest absolute Gasteiger partial charge is 0.489 e. The predicted octanol–water partition coefficient (Wildman–Crippen LogP) is 3.07. The molecule has 0 aliphatic carbocycles. The lowest BCUT2D eigenvalue weighted by molar-refractivity contribution is -0.120. The second-order valence-corrected chi connectivity index (χ2v) is 5.75. The Balaban J connectivity index is 1.99. The first-order chi connectivity index (χ1) is 9.56. The van der Waals surface area contributed by atoms with Crippen molar-refractivity contribution in [1.29, 1.82) is 0 Å². The Bertz CT molecular complexity index is 471. The van der Waals surface area contributed by atoms with Crippen LogP contribution in [-0.2, 0) is 4.79 Å². The van der Waals surface area contributed by atoms with Crippen molar-refractivity contribution in [2.24, 2.45) is 5.92 Å². The van der Waals surface area contributed by atoms with Crippen molar-refractivity contribution in [3.8, 4) is 5.75 Å². The standard InChI is InChI=1S/C15H21ClN2O2/c1-10(2)20-14-6-5-12(8-13(14)16)18-15(19)11-4-3-7-17-9-11/h5-6,8,10-11,17H,3-4,7,9H2,1-2H3,(H,18,19)/t11-/m0/s1. The van der Waals surface area contributed by atoms with Gasteiger partial charge in [0.25, 0.3) is 0 Å². The summed E-state index contributed by atoms with van der Waals surface area (Å²) in [7, 11) is 0. The summed E-state index contributed by atoms with van der Waals surface area (Å²) in [5, 5.41) is 6.66. The molecule has 1 amide bonds. The molecule has 1 aliphatic heterocycles. The molecule has 1 fully saturated rings. The highest BCUT2D eigenvalue weighted by Crippen LogP contribution is 2.28. The molecule has 0 aromatic heterocycles. The second-order valence-electron chi connectivity index (χ2n) is 5.34. The van der Waals surface area contributed by atoms with Gasteiger partial charge >= 0.3 is 0 Å². The summed E-state index contributed by atoms with van der Waals surface area (Å²) in [4.78, 5) is 12.1. The quantitative estimate of drug-likeness (QED) is 0.898.